The van der Waals surface area contributed by atoms with Crippen molar-refractivity contribution in [3.63, 3.8) is 0 Å². The molecule has 1 aliphatic heterocycles. The van der Waals surface area contributed by atoms with Gasteiger partial charge in [-0.15, -0.1) is 12.4 Å². The van der Waals surface area contributed by atoms with Crippen molar-refractivity contribution in [2.75, 3.05) is 20.2 Å². The second-order valence-corrected chi connectivity index (χ2v) is 1.69. The van der Waals surface area contributed by atoms with Crippen molar-refractivity contribution in [1.82, 2.24) is 5.32 Å². The summed E-state index contributed by atoms with van der Waals surface area (Å²) < 4.78 is 0. The Morgan fingerprint density at radius 3 is 3.10 bits per heavy atom. The first-order valence-electron chi connectivity index (χ1n) is 2.74. The Balaban J connectivity index is 0.000000810. The van der Waals surface area contributed by atoms with Crippen LogP contribution in [0.15, 0.2) is 10.1 Å². The SMILES string of the molecule is CO/N=C1/CN=CNC1.Cl. The molecule has 0 bridgehead atoms. The van der Waals surface area contributed by atoms with E-state index in [4.69, 9.17) is 0 Å². The zero-order valence-electron chi connectivity index (χ0n) is 5.70. The zero-order valence-corrected chi connectivity index (χ0v) is 6.52. The minimum Gasteiger partial charge on any atom is -0.399 e. The maximum Gasteiger partial charge on any atom is 0.106 e. The normalized spacial score (nSPS) is 19.5. The first-order chi connectivity index (χ1) is 4.43. The van der Waals surface area contributed by atoms with Crippen LogP contribution in [-0.2, 0) is 4.84 Å². The predicted molar refractivity (Wildman–Crippen MR) is 43.1 cm³/mol. The molecule has 10 heavy (non-hydrogen) atoms. The molecule has 1 heterocycles. The van der Waals surface area contributed by atoms with E-state index in [0.717, 1.165) is 12.3 Å². The summed E-state index contributed by atoms with van der Waals surface area (Å²) in [5, 5.41) is 6.64. The Hall–Kier alpha value is -0.770. The van der Waals surface area contributed by atoms with Crippen LogP contribution in [-0.4, -0.2) is 32.2 Å². The van der Waals surface area contributed by atoms with Gasteiger partial charge in [-0.1, -0.05) is 5.16 Å². The highest BCUT2D eigenvalue weighted by atomic mass is 35.5. The summed E-state index contributed by atoms with van der Waals surface area (Å²) in [6.45, 7) is 1.40. The molecule has 58 valence electrons. The lowest BCUT2D eigenvalue weighted by Gasteiger charge is -2.06. The molecule has 0 spiro atoms. The largest absolute Gasteiger partial charge is 0.399 e. The molecule has 0 radical (unpaired) electrons. The van der Waals surface area contributed by atoms with Crippen molar-refractivity contribution in [1.29, 1.82) is 0 Å². The number of rotatable bonds is 1. The molecular weight excluding hydrogens is 154 g/mol. The van der Waals surface area contributed by atoms with Crippen LogP contribution in [0.5, 0.6) is 0 Å². The number of hydrogen-bond acceptors (Lipinski definition) is 4. The van der Waals surface area contributed by atoms with Crippen LogP contribution in [0, 0.1) is 0 Å². The predicted octanol–water partition coefficient (Wildman–Crippen LogP) is 0.0421. The van der Waals surface area contributed by atoms with Gasteiger partial charge in [-0.25, -0.2) is 0 Å². The fraction of sp³-hybridized carbons (Fsp3) is 0.600. The van der Waals surface area contributed by atoms with Gasteiger partial charge >= 0.3 is 0 Å². The standard InChI is InChI=1S/C5H9N3O.ClH/c1-9-8-5-2-6-4-7-3-5;/h4H,2-3H2,1H3,(H,6,7);1H. The Morgan fingerprint density at radius 2 is 2.60 bits per heavy atom. The molecule has 0 fully saturated rings. The van der Waals surface area contributed by atoms with Gasteiger partial charge in [-0.2, -0.15) is 0 Å². The third-order valence-electron chi connectivity index (χ3n) is 0.983. The topological polar surface area (TPSA) is 46.0 Å². The van der Waals surface area contributed by atoms with Gasteiger partial charge in [0.15, 0.2) is 0 Å². The molecule has 5 heteroatoms. The van der Waals surface area contributed by atoms with Crippen LogP contribution < -0.4 is 5.32 Å². The molecule has 1 aliphatic rings. The Kier molecular flexibility index (Phi) is 4.66. The molecule has 1 N–H and O–H groups in total. The lowest BCUT2D eigenvalue weighted by Crippen LogP contribution is -2.28. The van der Waals surface area contributed by atoms with Gasteiger partial charge in [0.05, 0.1) is 25.1 Å². The van der Waals surface area contributed by atoms with Crippen molar-refractivity contribution in [2.45, 2.75) is 0 Å². The second-order valence-electron chi connectivity index (χ2n) is 1.69. The van der Waals surface area contributed by atoms with Crippen LogP contribution in [0.1, 0.15) is 0 Å². The molecule has 0 aliphatic carbocycles. The van der Waals surface area contributed by atoms with Gasteiger partial charge in [0, 0.05) is 0 Å². The van der Waals surface area contributed by atoms with E-state index in [0.29, 0.717) is 6.54 Å². The fourth-order valence-corrected chi connectivity index (χ4v) is 0.625. The average Bonchev–Trinajstić information content (AvgIpc) is 1.91. The molecule has 0 aromatic heterocycles. The maximum atomic E-state index is 4.56. The van der Waals surface area contributed by atoms with Crippen LogP contribution in [0.25, 0.3) is 0 Å². The first-order valence-corrected chi connectivity index (χ1v) is 2.74. The average molecular weight is 164 g/mol. The van der Waals surface area contributed by atoms with E-state index >= 15 is 0 Å². The van der Waals surface area contributed by atoms with E-state index in [2.05, 4.69) is 20.3 Å². The van der Waals surface area contributed by atoms with Crippen LogP contribution >= 0.6 is 12.4 Å². The second kappa shape index (κ2) is 5.05. The van der Waals surface area contributed by atoms with Crippen LogP contribution in [0.2, 0.25) is 0 Å². The summed E-state index contributed by atoms with van der Waals surface area (Å²) >= 11 is 0. The van der Waals surface area contributed by atoms with Crippen molar-refractivity contribution >= 4 is 24.5 Å². The van der Waals surface area contributed by atoms with Gasteiger partial charge in [-0.05, 0) is 0 Å². The lowest BCUT2D eigenvalue weighted by atomic mass is 10.3. The highest BCUT2D eigenvalue weighted by Gasteiger charge is 2.00. The van der Waals surface area contributed by atoms with E-state index < -0.39 is 0 Å². The number of nitrogens with zero attached hydrogens (tertiary/aromatic N) is 2. The summed E-state index contributed by atoms with van der Waals surface area (Å²) in [6.07, 6.45) is 1.68. The number of nitrogens with one attached hydrogen (secondary N) is 1. The highest BCUT2D eigenvalue weighted by molar-refractivity contribution is 5.91. The van der Waals surface area contributed by atoms with E-state index in [1.54, 1.807) is 6.34 Å². The first kappa shape index (κ1) is 9.23. The fourth-order valence-electron chi connectivity index (χ4n) is 0.625. The molecule has 0 saturated carbocycles. The summed E-state index contributed by atoms with van der Waals surface area (Å²) in [7, 11) is 1.53. The highest BCUT2D eigenvalue weighted by Crippen LogP contribution is 1.83. The van der Waals surface area contributed by atoms with Crippen LogP contribution in [0.4, 0.5) is 0 Å². The van der Waals surface area contributed by atoms with Crippen molar-refractivity contribution in [3.05, 3.63) is 0 Å². The molecule has 0 amide bonds. The van der Waals surface area contributed by atoms with E-state index in [1.165, 1.54) is 7.11 Å². The van der Waals surface area contributed by atoms with Crippen molar-refractivity contribution < 1.29 is 4.84 Å². The lowest BCUT2D eigenvalue weighted by molar-refractivity contribution is 0.212. The Labute approximate surface area is 65.8 Å². The molecule has 1 rings (SSSR count). The molecule has 4 nitrogen and oxygen atoms in total. The Morgan fingerprint density at radius 1 is 1.80 bits per heavy atom. The summed E-state index contributed by atoms with van der Waals surface area (Å²) in [5.74, 6) is 0. The van der Waals surface area contributed by atoms with Crippen molar-refractivity contribution in [3.8, 4) is 0 Å². The molecule has 0 aromatic rings. The number of aliphatic imine (C=N–C) groups is 1. The summed E-state index contributed by atoms with van der Waals surface area (Å²) in [6, 6.07) is 0. The van der Waals surface area contributed by atoms with E-state index in [-0.39, 0.29) is 12.4 Å². The van der Waals surface area contributed by atoms with E-state index in [1.807, 2.05) is 0 Å². The van der Waals surface area contributed by atoms with E-state index in [9.17, 15) is 0 Å². The number of halogens is 1. The van der Waals surface area contributed by atoms with Crippen LogP contribution in [0.3, 0.4) is 0 Å². The molecule has 0 aromatic carbocycles. The molecule has 0 unspecified atom stereocenters. The van der Waals surface area contributed by atoms with Crippen molar-refractivity contribution in [2.24, 2.45) is 10.1 Å². The quantitative estimate of drug-likeness (QED) is 0.555. The van der Waals surface area contributed by atoms with Gasteiger partial charge in [0.2, 0.25) is 0 Å². The van der Waals surface area contributed by atoms with Gasteiger partial charge in [0.25, 0.3) is 0 Å². The smallest absolute Gasteiger partial charge is 0.106 e. The van der Waals surface area contributed by atoms with Gasteiger partial charge < -0.3 is 10.2 Å². The molecular formula is C5H10ClN3O. The third kappa shape index (κ3) is 2.68. The third-order valence-corrected chi connectivity index (χ3v) is 0.983. The van der Waals surface area contributed by atoms with Gasteiger partial charge in [0.1, 0.15) is 7.11 Å². The Bertz CT molecular complexity index is 146. The van der Waals surface area contributed by atoms with Gasteiger partial charge in [-0.3, -0.25) is 4.99 Å². The maximum absolute atomic E-state index is 4.56. The zero-order chi connectivity index (χ0) is 6.53. The monoisotopic (exact) mass is 163 g/mol. The number of hydrogen-bond donors (Lipinski definition) is 1. The number of oxime groups is 1. The molecule has 0 atom stereocenters. The minimum atomic E-state index is 0. The summed E-state index contributed by atoms with van der Waals surface area (Å²) in [4.78, 5) is 8.49. The molecule has 0 saturated heterocycles. The minimum absolute atomic E-state index is 0. The summed E-state index contributed by atoms with van der Waals surface area (Å²) in [5.41, 5.74) is 0.931.